The van der Waals surface area contributed by atoms with Crippen LogP contribution in [-0.4, -0.2) is 23.8 Å². The quantitative estimate of drug-likeness (QED) is 0.920. The average Bonchev–Trinajstić information content (AvgIpc) is 3.08. The van der Waals surface area contributed by atoms with E-state index in [-0.39, 0.29) is 12.0 Å². The Morgan fingerprint density at radius 2 is 2.17 bits per heavy atom. The highest BCUT2D eigenvalue weighted by Gasteiger charge is 2.45. The number of nitrogens with zero attached hydrogens (tertiary/aromatic N) is 1. The molecule has 0 amide bonds. The van der Waals surface area contributed by atoms with E-state index < -0.39 is 0 Å². The van der Waals surface area contributed by atoms with Gasteiger partial charge in [-0.05, 0) is 25.0 Å². The van der Waals surface area contributed by atoms with E-state index in [1.165, 1.54) is 0 Å². The molecule has 1 aromatic heterocycles. The molecule has 0 aliphatic heterocycles. The Balaban J connectivity index is 1.98. The summed E-state index contributed by atoms with van der Waals surface area (Å²) in [7, 11) is 1.67. The molecule has 0 atom stereocenters. The molecule has 0 unspecified atom stereocenters. The molecule has 1 aliphatic carbocycles. The first-order valence-electron chi connectivity index (χ1n) is 5.99. The van der Waals surface area contributed by atoms with Crippen molar-refractivity contribution in [3.8, 4) is 16.3 Å². The van der Waals surface area contributed by atoms with Gasteiger partial charge in [-0.25, -0.2) is 4.98 Å². The summed E-state index contributed by atoms with van der Waals surface area (Å²) in [6.07, 6.45) is 2.08. The van der Waals surface area contributed by atoms with Crippen molar-refractivity contribution in [3.63, 3.8) is 0 Å². The second kappa shape index (κ2) is 4.37. The fourth-order valence-corrected chi connectivity index (χ4v) is 3.08. The molecule has 1 aliphatic rings. The maximum Gasteiger partial charge on any atom is 0.129 e. The molecule has 1 N–H and O–H groups in total. The van der Waals surface area contributed by atoms with E-state index in [0.717, 1.165) is 34.9 Å². The SMILES string of the molecule is COc1ccccc1-c1nc(C2(CO)CC2)cs1. The zero-order valence-corrected chi connectivity index (χ0v) is 11.0. The van der Waals surface area contributed by atoms with E-state index in [1.54, 1.807) is 18.4 Å². The van der Waals surface area contributed by atoms with E-state index in [9.17, 15) is 5.11 Å². The Kier molecular flexibility index (Phi) is 2.84. The van der Waals surface area contributed by atoms with Gasteiger partial charge in [-0.15, -0.1) is 11.3 Å². The monoisotopic (exact) mass is 261 g/mol. The number of aromatic nitrogens is 1. The van der Waals surface area contributed by atoms with E-state index in [1.807, 2.05) is 24.3 Å². The van der Waals surface area contributed by atoms with E-state index >= 15 is 0 Å². The second-order valence-corrected chi connectivity index (χ2v) is 5.53. The van der Waals surface area contributed by atoms with E-state index in [2.05, 4.69) is 10.4 Å². The average molecular weight is 261 g/mol. The lowest BCUT2D eigenvalue weighted by Gasteiger charge is -2.07. The van der Waals surface area contributed by atoms with Crippen LogP contribution in [0, 0.1) is 0 Å². The lowest BCUT2D eigenvalue weighted by Crippen LogP contribution is -2.12. The fourth-order valence-electron chi connectivity index (χ4n) is 2.11. The maximum absolute atomic E-state index is 9.43. The van der Waals surface area contributed by atoms with E-state index in [0.29, 0.717) is 0 Å². The van der Waals surface area contributed by atoms with Gasteiger partial charge in [-0.2, -0.15) is 0 Å². The number of hydrogen-bond acceptors (Lipinski definition) is 4. The van der Waals surface area contributed by atoms with Crippen LogP contribution >= 0.6 is 11.3 Å². The van der Waals surface area contributed by atoms with Gasteiger partial charge in [-0.3, -0.25) is 0 Å². The predicted octanol–water partition coefficient (Wildman–Crippen LogP) is 2.84. The number of aliphatic hydroxyl groups is 1. The van der Waals surface area contributed by atoms with Crippen molar-refractivity contribution in [2.75, 3.05) is 13.7 Å². The lowest BCUT2D eigenvalue weighted by atomic mass is 10.1. The standard InChI is InChI=1S/C14H15NO2S/c1-17-11-5-3-2-4-10(11)13-15-12(8-18-13)14(9-16)6-7-14/h2-5,8,16H,6-7,9H2,1H3. The molecule has 18 heavy (non-hydrogen) atoms. The first-order valence-corrected chi connectivity index (χ1v) is 6.87. The third-order valence-electron chi connectivity index (χ3n) is 3.54. The van der Waals surface area contributed by atoms with Crippen LogP contribution in [0.5, 0.6) is 5.75 Å². The highest BCUT2D eigenvalue weighted by molar-refractivity contribution is 7.13. The van der Waals surface area contributed by atoms with Gasteiger partial charge in [0.15, 0.2) is 0 Å². The van der Waals surface area contributed by atoms with Crippen LogP contribution in [-0.2, 0) is 5.41 Å². The summed E-state index contributed by atoms with van der Waals surface area (Å²) in [5.74, 6) is 0.840. The smallest absolute Gasteiger partial charge is 0.129 e. The molecule has 0 bridgehead atoms. The van der Waals surface area contributed by atoms with Crippen LogP contribution < -0.4 is 4.74 Å². The minimum Gasteiger partial charge on any atom is -0.496 e. The van der Waals surface area contributed by atoms with Gasteiger partial charge in [-0.1, -0.05) is 12.1 Å². The largest absolute Gasteiger partial charge is 0.496 e. The van der Waals surface area contributed by atoms with Gasteiger partial charge in [0.25, 0.3) is 0 Å². The number of methoxy groups -OCH3 is 1. The molecule has 1 heterocycles. The summed E-state index contributed by atoms with van der Waals surface area (Å²) in [6, 6.07) is 7.89. The number of aliphatic hydroxyl groups excluding tert-OH is 1. The summed E-state index contributed by atoms with van der Waals surface area (Å²) in [6.45, 7) is 0.197. The van der Waals surface area contributed by atoms with Gasteiger partial charge in [0.05, 0.1) is 25.0 Å². The van der Waals surface area contributed by atoms with Gasteiger partial charge in [0.2, 0.25) is 0 Å². The molecule has 4 heteroatoms. The van der Waals surface area contributed by atoms with Crippen molar-refractivity contribution < 1.29 is 9.84 Å². The summed E-state index contributed by atoms with van der Waals surface area (Å²) in [5.41, 5.74) is 1.98. The van der Waals surface area contributed by atoms with Crippen molar-refractivity contribution in [1.29, 1.82) is 0 Å². The number of rotatable bonds is 4. The lowest BCUT2D eigenvalue weighted by molar-refractivity contribution is 0.253. The molecule has 94 valence electrons. The van der Waals surface area contributed by atoms with Crippen LogP contribution in [0.1, 0.15) is 18.5 Å². The zero-order valence-electron chi connectivity index (χ0n) is 10.2. The number of benzene rings is 1. The Bertz CT molecular complexity index is 560. The van der Waals surface area contributed by atoms with Gasteiger partial charge in [0.1, 0.15) is 10.8 Å². The highest BCUT2D eigenvalue weighted by atomic mass is 32.1. The molecule has 1 aromatic carbocycles. The Morgan fingerprint density at radius 3 is 2.83 bits per heavy atom. The van der Waals surface area contributed by atoms with Crippen LogP contribution in [0.4, 0.5) is 0 Å². The molecule has 2 aromatic rings. The Morgan fingerprint density at radius 1 is 1.39 bits per heavy atom. The topological polar surface area (TPSA) is 42.4 Å². The maximum atomic E-state index is 9.43. The van der Waals surface area contributed by atoms with Crippen LogP contribution in [0.25, 0.3) is 10.6 Å². The molecule has 1 saturated carbocycles. The number of thiazole rings is 1. The summed E-state index contributed by atoms with van der Waals surface area (Å²) in [4.78, 5) is 4.67. The molecule has 3 rings (SSSR count). The predicted molar refractivity (Wildman–Crippen MR) is 72.1 cm³/mol. The van der Waals surface area contributed by atoms with E-state index in [4.69, 9.17) is 4.74 Å². The van der Waals surface area contributed by atoms with Crippen LogP contribution in [0.3, 0.4) is 0 Å². The summed E-state index contributed by atoms with van der Waals surface area (Å²) in [5, 5.41) is 12.5. The molecule has 0 saturated heterocycles. The summed E-state index contributed by atoms with van der Waals surface area (Å²) < 4.78 is 5.35. The molecule has 0 radical (unpaired) electrons. The molecular weight excluding hydrogens is 246 g/mol. The second-order valence-electron chi connectivity index (χ2n) is 4.68. The third-order valence-corrected chi connectivity index (χ3v) is 4.42. The molecular formula is C14H15NO2S. The highest BCUT2D eigenvalue weighted by Crippen LogP contribution is 2.48. The van der Waals surface area contributed by atoms with Crippen molar-refractivity contribution in [2.45, 2.75) is 18.3 Å². The van der Waals surface area contributed by atoms with Crippen LogP contribution in [0.15, 0.2) is 29.6 Å². The minimum absolute atomic E-state index is 0.0588. The first-order chi connectivity index (χ1) is 8.79. The zero-order chi connectivity index (χ0) is 12.6. The van der Waals surface area contributed by atoms with Gasteiger partial charge in [0, 0.05) is 10.8 Å². The number of para-hydroxylation sites is 1. The minimum atomic E-state index is -0.0588. The van der Waals surface area contributed by atoms with Crippen molar-refractivity contribution in [3.05, 3.63) is 35.3 Å². The van der Waals surface area contributed by atoms with Gasteiger partial charge >= 0.3 is 0 Å². The molecule has 1 fully saturated rings. The van der Waals surface area contributed by atoms with Gasteiger partial charge < -0.3 is 9.84 Å². The first kappa shape index (κ1) is 11.7. The molecule has 0 spiro atoms. The molecule has 3 nitrogen and oxygen atoms in total. The third kappa shape index (κ3) is 1.82. The van der Waals surface area contributed by atoms with Crippen molar-refractivity contribution >= 4 is 11.3 Å². The van der Waals surface area contributed by atoms with Crippen molar-refractivity contribution in [1.82, 2.24) is 4.98 Å². The number of ether oxygens (including phenoxy) is 1. The van der Waals surface area contributed by atoms with Crippen LogP contribution in [0.2, 0.25) is 0 Å². The normalized spacial score (nSPS) is 16.6. The fraction of sp³-hybridized carbons (Fsp3) is 0.357. The Labute approximate surface area is 110 Å². The summed E-state index contributed by atoms with van der Waals surface area (Å²) >= 11 is 1.61. The van der Waals surface area contributed by atoms with Crippen molar-refractivity contribution in [2.24, 2.45) is 0 Å². The Hall–Kier alpha value is -1.39. The number of hydrogen-bond donors (Lipinski definition) is 1.